The van der Waals surface area contributed by atoms with Gasteiger partial charge < -0.3 is 16.0 Å². The second kappa shape index (κ2) is 6.71. The third kappa shape index (κ3) is 4.23. The summed E-state index contributed by atoms with van der Waals surface area (Å²) in [5, 5.41) is 8.77. The predicted molar refractivity (Wildman–Crippen MR) is 91.0 cm³/mol. The van der Waals surface area contributed by atoms with E-state index in [2.05, 4.69) is 16.0 Å². The fraction of sp³-hybridized carbons (Fsp3) is 0.176. The molecule has 3 amide bonds. The summed E-state index contributed by atoms with van der Waals surface area (Å²) in [7, 11) is 0. The number of nitrogens with one attached hydrogen (secondary N) is 3. The molecule has 0 aliphatic heterocycles. The van der Waals surface area contributed by atoms with Crippen molar-refractivity contribution >= 4 is 34.9 Å². The van der Waals surface area contributed by atoms with E-state index >= 15 is 0 Å². The van der Waals surface area contributed by atoms with Gasteiger partial charge >= 0.3 is 6.03 Å². The van der Waals surface area contributed by atoms with E-state index in [0.29, 0.717) is 28.0 Å². The van der Waals surface area contributed by atoms with Crippen LogP contribution in [0.2, 0.25) is 5.02 Å². The number of urea groups is 1. The molecule has 0 radical (unpaired) electrons. The molecule has 0 aromatic heterocycles. The summed E-state index contributed by atoms with van der Waals surface area (Å²) in [6, 6.07) is 13.9. The van der Waals surface area contributed by atoms with Gasteiger partial charge in [-0.15, -0.1) is 0 Å². The van der Waals surface area contributed by atoms with E-state index in [9.17, 15) is 9.59 Å². The Hall–Kier alpha value is -2.53. The number of amides is 3. The molecule has 0 bridgehead atoms. The van der Waals surface area contributed by atoms with Gasteiger partial charge in [0, 0.05) is 17.4 Å². The van der Waals surface area contributed by atoms with Crippen molar-refractivity contribution in [2.45, 2.75) is 18.9 Å². The number of rotatable bonds is 4. The minimum Gasteiger partial charge on any atom is -0.335 e. The molecule has 23 heavy (non-hydrogen) atoms. The molecule has 3 rings (SSSR count). The largest absolute Gasteiger partial charge is 0.335 e. The number of hydrogen-bond donors (Lipinski definition) is 3. The van der Waals surface area contributed by atoms with Crippen LogP contribution >= 0.6 is 11.6 Å². The molecule has 1 fully saturated rings. The summed E-state index contributed by atoms with van der Waals surface area (Å²) in [4.78, 5) is 23.8. The Bertz CT molecular complexity index is 727. The predicted octanol–water partition coefficient (Wildman–Crippen LogP) is 3.88. The van der Waals surface area contributed by atoms with Gasteiger partial charge in [-0.2, -0.15) is 0 Å². The number of hydrogen-bond acceptors (Lipinski definition) is 2. The fourth-order valence-electron chi connectivity index (χ4n) is 2.06. The zero-order valence-electron chi connectivity index (χ0n) is 12.3. The minimum atomic E-state index is -0.275. The SMILES string of the molecule is O=C(Nc1ccc(NC(=O)c2ccccc2Cl)cc1)NC1CC1. The lowest BCUT2D eigenvalue weighted by Gasteiger charge is -2.09. The van der Waals surface area contributed by atoms with Crippen molar-refractivity contribution in [3.63, 3.8) is 0 Å². The van der Waals surface area contributed by atoms with Crippen molar-refractivity contribution in [2.75, 3.05) is 10.6 Å². The Morgan fingerprint density at radius 2 is 1.52 bits per heavy atom. The normalized spacial score (nSPS) is 13.3. The van der Waals surface area contributed by atoms with Gasteiger partial charge in [0.25, 0.3) is 5.91 Å². The van der Waals surface area contributed by atoms with Crippen LogP contribution in [0.15, 0.2) is 48.5 Å². The first-order valence-corrected chi connectivity index (χ1v) is 7.73. The summed E-state index contributed by atoms with van der Waals surface area (Å²) in [6.45, 7) is 0. The van der Waals surface area contributed by atoms with Crippen molar-refractivity contribution in [2.24, 2.45) is 0 Å². The quantitative estimate of drug-likeness (QED) is 0.796. The van der Waals surface area contributed by atoms with E-state index in [-0.39, 0.29) is 11.9 Å². The van der Waals surface area contributed by atoms with Crippen molar-refractivity contribution in [3.05, 3.63) is 59.1 Å². The molecular weight excluding hydrogens is 314 g/mol. The maximum absolute atomic E-state index is 12.2. The number of halogens is 1. The third-order valence-electron chi connectivity index (χ3n) is 3.43. The average Bonchev–Trinajstić information content (AvgIpc) is 3.33. The maximum Gasteiger partial charge on any atom is 0.319 e. The van der Waals surface area contributed by atoms with E-state index in [1.54, 1.807) is 48.5 Å². The topological polar surface area (TPSA) is 70.2 Å². The van der Waals surface area contributed by atoms with Crippen LogP contribution in [0, 0.1) is 0 Å². The highest BCUT2D eigenvalue weighted by molar-refractivity contribution is 6.34. The molecule has 1 aliphatic carbocycles. The molecule has 0 atom stereocenters. The third-order valence-corrected chi connectivity index (χ3v) is 3.76. The van der Waals surface area contributed by atoms with Crippen molar-refractivity contribution in [1.82, 2.24) is 5.32 Å². The Kier molecular flexibility index (Phi) is 4.48. The summed E-state index contributed by atoms with van der Waals surface area (Å²) in [5.41, 5.74) is 1.71. The summed E-state index contributed by atoms with van der Waals surface area (Å²) < 4.78 is 0. The van der Waals surface area contributed by atoms with E-state index in [1.807, 2.05) is 0 Å². The monoisotopic (exact) mass is 329 g/mol. The van der Waals surface area contributed by atoms with E-state index in [1.165, 1.54) is 0 Å². The maximum atomic E-state index is 12.2. The van der Waals surface area contributed by atoms with E-state index in [0.717, 1.165) is 12.8 Å². The van der Waals surface area contributed by atoms with Crippen molar-refractivity contribution < 1.29 is 9.59 Å². The van der Waals surface area contributed by atoms with E-state index in [4.69, 9.17) is 11.6 Å². The fourth-order valence-corrected chi connectivity index (χ4v) is 2.28. The second-order valence-corrected chi connectivity index (χ2v) is 5.79. The lowest BCUT2D eigenvalue weighted by Crippen LogP contribution is -2.30. The zero-order valence-corrected chi connectivity index (χ0v) is 13.1. The van der Waals surface area contributed by atoms with Gasteiger partial charge in [-0.25, -0.2) is 4.79 Å². The van der Waals surface area contributed by atoms with Gasteiger partial charge in [-0.05, 0) is 49.2 Å². The Labute approximate surface area is 139 Å². The van der Waals surface area contributed by atoms with Crippen LogP contribution < -0.4 is 16.0 Å². The van der Waals surface area contributed by atoms with Crippen LogP contribution in [0.1, 0.15) is 23.2 Å². The highest BCUT2D eigenvalue weighted by Crippen LogP contribution is 2.20. The number of anilines is 2. The first-order chi connectivity index (χ1) is 11.1. The molecule has 1 aliphatic rings. The van der Waals surface area contributed by atoms with Crippen LogP contribution in [0.4, 0.5) is 16.2 Å². The molecular formula is C17H16ClN3O2. The van der Waals surface area contributed by atoms with Gasteiger partial charge in [0.1, 0.15) is 0 Å². The van der Waals surface area contributed by atoms with Crippen molar-refractivity contribution in [3.8, 4) is 0 Å². The number of carbonyl (C=O) groups excluding carboxylic acids is 2. The minimum absolute atomic E-state index is 0.208. The molecule has 118 valence electrons. The summed E-state index contributed by atoms with van der Waals surface area (Å²) in [6.07, 6.45) is 2.08. The molecule has 0 saturated heterocycles. The molecule has 1 saturated carbocycles. The Morgan fingerprint density at radius 3 is 2.13 bits per heavy atom. The highest BCUT2D eigenvalue weighted by Gasteiger charge is 2.23. The second-order valence-electron chi connectivity index (χ2n) is 5.38. The first kappa shape index (κ1) is 15.4. The van der Waals surface area contributed by atoms with Crippen LogP contribution in [-0.4, -0.2) is 18.0 Å². The van der Waals surface area contributed by atoms with Crippen LogP contribution in [0.25, 0.3) is 0 Å². The van der Waals surface area contributed by atoms with Crippen molar-refractivity contribution in [1.29, 1.82) is 0 Å². The summed E-state index contributed by atoms with van der Waals surface area (Å²) in [5.74, 6) is -0.275. The standard InChI is InChI=1S/C17H16ClN3O2/c18-15-4-2-1-3-14(15)16(22)19-11-5-7-12(8-6-11)20-17(23)21-13-9-10-13/h1-8,13H,9-10H2,(H,19,22)(H2,20,21,23). The van der Waals surface area contributed by atoms with Gasteiger partial charge in [-0.1, -0.05) is 23.7 Å². The Balaban J connectivity index is 1.59. The first-order valence-electron chi connectivity index (χ1n) is 7.35. The molecule has 6 heteroatoms. The van der Waals surface area contributed by atoms with Crippen LogP contribution in [-0.2, 0) is 0 Å². The highest BCUT2D eigenvalue weighted by atomic mass is 35.5. The molecule has 2 aromatic carbocycles. The molecule has 0 unspecified atom stereocenters. The molecule has 0 spiro atoms. The zero-order chi connectivity index (χ0) is 16.2. The molecule has 3 N–H and O–H groups in total. The van der Waals surface area contributed by atoms with Gasteiger partial charge in [0.05, 0.1) is 10.6 Å². The van der Waals surface area contributed by atoms with Gasteiger partial charge in [0.15, 0.2) is 0 Å². The number of carbonyl (C=O) groups is 2. The van der Waals surface area contributed by atoms with Crippen LogP contribution in [0.5, 0.6) is 0 Å². The lowest BCUT2D eigenvalue weighted by molar-refractivity contribution is 0.102. The Morgan fingerprint density at radius 1 is 0.913 bits per heavy atom. The average molecular weight is 330 g/mol. The number of benzene rings is 2. The smallest absolute Gasteiger partial charge is 0.319 e. The molecule has 0 heterocycles. The molecule has 2 aromatic rings. The van der Waals surface area contributed by atoms with Crippen LogP contribution in [0.3, 0.4) is 0 Å². The van der Waals surface area contributed by atoms with Gasteiger partial charge in [-0.3, -0.25) is 4.79 Å². The summed E-state index contributed by atoms with van der Waals surface area (Å²) >= 11 is 6.00. The molecule has 5 nitrogen and oxygen atoms in total. The van der Waals surface area contributed by atoms with E-state index < -0.39 is 0 Å². The van der Waals surface area contributed by atoms with Gasteiger partial charge in [0.2, 0.25) is 0 Å². The lowest BCUT2D eigenvalue weighted by atomic mass is 10.2.